The Morgan fingerprint density at radius 2 is 0.882 bits per heavy atom. The molecule has 34 heavy (non-hydrogen) atoms. The molecule has 4 aromatic rings. The molecule has 0 bridgehead atoms. The Morgan fingerprint density at radius 1 is 0.500 bits per heavy atom. The summed E-state index contributed by atoms with van der Waals surface area (Å²) in [7, 11) is -1.12. The third kappa shape index (κ3) is 4.07. The van der Waals surface area contributed by atoms with E-state index in [1.165, 1.54) is 43.8 Å². The summed E-state index contributed by atoms with van der Waals surface area (Å²) >= 11 is 0. The van der Waals surface area contributed by atoms with E-state index in [0.717, 1.165) is 0 Å². The second kappa shape index (κ2) is 8.39. The summed E-state index contributed by atoms with van der Waals surface area (Å²) < 4.78 is 0. The Bertz CT molecular complexity index is 1200. The van der Waals surface area contributed by atoms with Gasteiger partial charge in [0.1, 0.15) is 8.80 Å². The molecule has 0 aromatic heterocycles. The van der Waals surface area contributed by atoms with Gasteiger partial charge in [0.15, 0.2) is 0 Å². The number of benzene rings is 4. The third-order valence-electron chi connectivity index (χ3n) is 7.21. The highest BCUT2D eigenvalue weighted by molar-refractivity contribution is 6.87. The zero-order chi connectivity index (χ0) is 24.1. The van der Waals surface area contributed by atoms with E-state index in [2.05, 4.69) is 139 Å². The number of rotatable bonds is 3. The summed E-state index contributed by atoms with van der Waals surface area (Å²) in [6.07, 6.45) is 0. The average molecular weight is 460 g/mol. The summed E-state index contributed by atoms with van der Waals surface area (Å²) in [4.78, 5) is 0. The monoisotopic (exact) mass is 459 g/mol. The highest BCUT2D eigenvalue weighted by atomic mass is 28.3. The minimum Gasteiger partial charge on any atom is -0.0628 e. The van der Waals surface area contributed by atoms with Crippen LogP contribution >= 0.6 is 0 Å². The van der Waals surface area contributed by atoms with Gasteiger partial charge in [0.05, 0.1) is 0 Å². The Balaban J connectivity index is 1.81. The van der Waals surface area contributed by atoms with Crippen LogP contribution in [0.2, 0.25) is 0 Å². The molecule has 0 N–H and O–H groups in total. The first-order valence-corrected chi connectivity index (χ1v) is 14.0. The number of hydrogen-bond acceptors (Lipinski definition) is 0. The molecule has 0 fully saturated rings. The maximum atomic E-state index is 2.52. The summed E-state index contributed by atoms with van der Waals surface area (Å²) in [5, 5.41) is 2.95. The third-order valence-corrected chi connectivity index (χ3v) is 10.3. The average Bonchev–Trinajstić information content (AvgIpc) is 3.13. The van der Waals surface area contributed by atoms with Gasteiger partial charge in [-0.1, -0.05) is 149 Å². The van der Waals surface area contributed by atoms with Crippen molar-refractivity contribution in [3.05, 3.63) is 119 Å². The maximum Gasteiger partial charge on any atom is 0.133 e. The molecule has 0 saturated carbocycles. The minimum absolute atomic E-state index is 0.122. The van der Waals surface area contributed by atoms with Crippen molar-refractivity contribution in [2.45, 2.75) is 57.9 Å². The highest BCUT2D eigenvalue weighted by Crippen LogP contribution is 2.48. The van der Waals surface area contributed by atoms with Crippen molar-refractivity contribution in [2.24, 2.45) is 0 Å². The first kappa shape index (κ1) is 22.9. The molecule has 0 atom stereocenters. The van der Waals surface area contributed by atoms with Crippen LogP contribution in [0.3, 0.4) is 0 Å². The van der Waals surface area contributed by atoms with Crippen molar-refractivity contribution in [1.29, 1.82) is 0 Å². The fourth-order valence-corrected chi connectivity index (χ4v) is 8.44. The molecule has 0 saturated heterocycles. The molecule has 1 aliphatic carbocycles. The highest BCUT2D eigenvalue weighted by Gasteiger charge is 2.39. The van der Waals surface area contributed by atoms with Crippen molar-refractivity contribution < 1.29 is 0 Å². The standard InChI is InChI=1S/C33H35Si/c1-32(2,3)23-17-19-27-28-20-18-24(33(4,5)6)22-30(28)31(29(27)21-23)34(25-13-9-7-10-14-25)26-15-11-8-12-16-26/h7-22,31H,1-6H3. The number of hydrogen-bond donors (Lipinski definition) is 0. The Hall–Kier alpha value is -2.90. The van der Waals surface area contributed by atoms with Gasteiger partial charge in [0, 0.05) is 5.54 Å². The summed E-state index contributed by atoms with van der Waals surface area (Å²) in [5.41, 5.74) is 9.32. The maximum absolute atomic E-state index is 2.52. The Kier molecular flexibility index (Phi) is 5.65. The van der Waals surface area contributed by atoms with Gasteiger partial charge in [-0.25, -0.2) is 0 Å². The van der Waals surface area contributed by atoms with Crippen LogP contribution in [0.15, 0.2) is 97.1 Å². The predicted molar refractivity (Wildman–Crippen MR) is 149 cm³/mol. The van der Waals surface area contributed by atoms with E-state index in [9.17, 15) is 0 Å². The van der Waals surface area contributed by atoms with Crippen molar-refractivity contribution in [3.63, 3.8) is 0 Å². The zero-order valence-electron chi connectivity index (χ0n) is 21.3. The van der Waals surface area contributed by atoms with Crippen LogP contribution in [-0.4, -0.2) is 8.80 Å². The molecular weight excluding hydrogens is 424 g/mol. The second-order valence-electron chi connectivity index (χ2n) is 11.7. The lowest BCUT2D eigenvalue weighted by Gasteiger charge is -2.28. The molecule has 1 radical (unpaired) electrons. The fourth-order valence-electron chi connectivity index (χ4n) is 5.24. The smallest absolute Gasteiger partial charge is 0.0628 e. The molecule has 1 heteroatoms. The van der Waals surface area contributed by atoms with Gasteiger partial charge >= 0.3 is 0 Å². The van der Waals surface area contributed by atoms with Crippen LogP contribution in [0, 0.1) is 0 Å². The molecule has 0 heterocycles. The Morgan fingerprint density at radius 3 is 1.24 bits per heavy atom. The SMILES string of the molecule is CC(C)(C)c1ccc2c(c1)C([Si](c1ccccc1)c1ccccc1)c1cc(C(C)(C)C)ccc1-2. The molecule has 0 amide bonds. The van der Waals surface area contributed by atoms with Gasteiger partial charge in [-0.15, -0.1) is 0 Å². The van der Waals surface area contributed by atoms with Gasteiger partial charge in [-0.2, -0.15) is 0 Å². The minimum atomic E-state index is -1.12. The van der Waals surface area contributed by atoms with Crippen molar-refractivity contribution in [1.82, 2.24) is 0 Å². The normalized spacial score (nSPS) is 13.7. The second-order valence-corrected chi connectivity index (χ2v) is 14.2. The summed E-state index contributed by atoms with van der Waals surface area (Å²) in [5.74, 6) is 0. The van der Waals surface area contributed by atoms with Crippen LogP contribution in [0.1, 0.15) is 69.3 Å². The molecule has 0 aliphatic heterocycles. The zero-order valence-corrected chi connectivity index (χ0v) is 22.3. The van der Waals surface area contributed by atoms with Gasteiger partial charge in [0.25, 0.3) is 0 Å². The fraction of sp³-hybridized carbons (Fsp3) is 0.273. The first-order chi connectivity index (χ1) is 16.1. The van der Waals surface area contributed by atoms with Crippen molar-refractivity contribution >= 4 is 19.2 Å². The molecule has 0 unspecified atom stereocenters. The van der Waals surface area contributed by atoms with Crippen LogP contribution in [0.4, 0.5) is 0 Å². The molecule has 171 valence electrons. The van der Waals surface area contributed by atoms with E-state index in [0.29, 0.717) is 5.54 Å². The van der Waals surface area contributed by atoms with E-state index in [4.69, 9.17) is 0 Å². The van der Waals surface area contributed by atoms with Crippen LogP contribution in [-0.2, 0) is 10.8 Å². The molecule has 0 nitrogen and oxygen atoms in total. The van der Waals surface area contributed by atoms with Crippen molar-refractivity contribution in [3.8, 4) is 11.1 Å². The quantitative estimate of drug-likeness (QED) is 0.283. The summed E-state index contributed by atoms with van der Waals surface area (Å²) in [6, 6.07) is 37.0. The van der Waals surface area contributed by atoms with Crippen LogP contribution < -0.4 is 10.4 Å². The Labute approximate surface area is 207 Å². The van der Waals surface area contributed by atoms with Gasteiger partial charge in [-0.3, -0.25) is 0 Å². The largest absolute Gasteiger partial charge is 0.133 e. The number of fused-ring (bicyclic) bond motifs is 3. The molecular formula is C33H35Si. The van der Waals surface area contributed by atoms with E-state index >= 15 is 0 Å². The molecule has 5 rings (SSSR count). The van der Waals surface area contributed by atoms with Crippen LogP contribution in [0.25, 0.3) is 11.1 Å². The lowest BCUT2D eigenvalue weighted by molar-refractivity contribution is 0.589. The summed E-state index contributed by atoms with van der Waals surface area (Å²) in [6.45, 7) is 13.9. The van der Waals surface area contributed by atoms with Gasteiger partial charge in [-0.05, 0) is 44.2 Å². The predicted octanol–water partition coefficient (Wildman–Crippen LogP) is 7.24. The lowest BCUT2D eigenvalue weighted by Crippen LogP contribution is -2.47. The lowest BCUT2D eigenvalue weighted by atomic mass is 9.85. The van der Waals surface area contributed by atoms with Gasteiger partial charge < -0.3 is 0 Å². The molecule has 4 aromatic carbocycles. The van der Waals surface area contributed by atoms with Crippen molar-refractivity contribution in [2.75, 3.05) is 0 Å². The van der Waals surface area contributed by atoms with E-state index in [1.807, 2.05) is 0 Å². The molecule has 0 spiro atoms. The van der Waals surface area contributed by atoms with Crippen LogP contribution in [0.5, 0.6) is 0 Å². The van der Waals surface area contributed by atoms with E-state index in [1.54, 1.807) is 0 Å². The molecule has 1 aliphatic rings. The van der Waals surface area contributed by atoms with Gasteiger partial charge in [0.2, 0.25) is 0 Å². The van der Waals surface area contributed by atoms with E-state index < -0.39 is 8.80 Å². The first-order valence-electron chi connectivity index (χ1n) is 12.4. The van der Waals surface area contributed by atoms with E-state index in [-0.39, 0.29) is 10.8 Å². The topological polar surface area (TPSA) is 0 Å².